The highest BCUT2D eigenvalue weighted by atomic mass is 16.5. The van der Waals surface area contributed by atoms with E-state index in [0.29, 0.717) is 25.4 Å². The normalized spacial score (nSPS) is 10.9. The minimum absolute atomic E-state index is 0.0176. The summed E-state index contributed by atoms with van der Waals surface area (Å²) in [5, 5.41) is 27.9. The summed E-state index contributed by atoms with van der Waals surface area (Å²) in [7, 11) is 1.51. The van der Waals surface area contributed by atoms with Gasteiger partial charge in [0.25, 0.3) is 0 Å². The summed E-state index contributed by atoms with van der Waals surface area (Å²) >= 11 is 0. The molecule has 0 heterocycles. The number of rotatable bonds is 7. The van der Waals surface area contributed by atoms with Gasteiger partial charge >= 0.3 is 0 Å². The first kappa shape index (κ1) is 14.8. The van der Waals surface area contributed by atoms with Gasteiger partial charge in [0, 0.05) is 25.2 Å². The maximum Gasteiger partial charge on any atom is 0.162 e. The molecule has 1 aromatic rings. The number of hydrogen-bond donors (Lipinski definition) is 3. The van der Waals surface area contributed by atoms with Crippen molar-refractivity contribution in [3.05, 3.63) is 23.3 Å². The van der Waals surface area contributed by atoms with Gasteiger partial charge in [-0.25, -0.2) is 0 Å². The Balaban J connectivity index is 2.90. The van der Waals surface area contributed by atoms with Crippen LogP contribution < -0.4 is 4.74 Å². The summed E-state index contributed by atoms with van der Waals surface area (Å²) < 4.78 is 5.10. The van der Waals surface area contributed by atoms with Crippen LogP contribution in [0.5, 0.6) is 11.5 Å². The van der Waals surface area contributed by atoms with Crippen LogP contribution in [-0.2, 0) is 6.54 Å². The molecule has 0 unspecified atom stereocenters. The minimum Gasteiger partial charge on any atom is -0.504 e. The fourth-order valence-electron chi connectivity index (χ4n) is 1.89. The number of nitrogens with zero attached hydrogens (tertiary/aromatic N) is 1. The van der Waals surface area contributed by atoms with E-state index in [0.717, 1.165) is 11.1 Å². The lowest BCUT2D eigenvalue weighted by Gasteiger charge is -2.21. The highest BCUT2D eigenvalue weighted by molar-refractivity contribution is 5.48. The smallest absolute Gasteiger partial charge is 0.162 e. The summed E-state index contributed by atoms with van der Waals surface area (Å²) in [6.45, 7) is 3.33. The van der Waals surface area contributed by atoms with Crippen LogP contribution in [-0.4, -0.2) is 53.6 Å². The van der Waals surface area contributed by atoms with E-state index in [1.165, 1.54) is 7.11 Å². The lowest BCUT2D eigenvalue weighted by molar-refractivity contribution is 0.154. The molecule has 5 heteroatoms. The number of hydrogen-bond acceptors (Lipinski definition) is 5. The quantitative estimate of drug-likeness (QED) is 0.661. The maximum absolute atomic E-state index is 10.0. The number of aryl methyl sites for hydroxylation is 1. The van der Waals surface area contributed by atoms with Crippen molar-refractivity contribution in [2.75, 3.05) is 33.4 Å². The van der Waals surface area contributed by atoms with Crippen LogP contribution in [0.2, 0.25) is 0 Å². The number of ether oxygens (including phenoxy) is 1. The Kier molecular flexibility index (Phi) is 5.91. The average Bonchev–Trinajstić information content (AvgIpc) is 2.34. The van der Waals surface area contributed by atoms with E-state index in [9.17, 15) is 5.11 Å². The van der Waals surface area contributed by atoms with E-state index >= 15 is 0 Å². The Morgan fingerprint density at radius 2 is 1.78 bits per heavy atom. The van der Waals surface area contributed by atoms with E-state index in [1.807, 2.05) is 17.9 Å². The molecule has 0 fully saturated rings. The molecule has 0 radical (unpaired) electrons. The maximum atomic E-state index is 10.0. The topological polar surface area (TPSA) is 73.2 Å². The Labute approximate surface area is 107 Å². The monoisotopic (exact) mass is 255 g/mol. The first-order chi connectivity index (χ1) is 8.62. The minimum atomic E-state index is 0.0176. The summed E-state index contributed by atoms with van der Waals surface area (Å²) in [6, 6.07) is 3.64. The summed E-state index contributed by atoms with van der Waals surface area (Å²) in [4.78, 5) is 1.87. The number of methoxy groups -OCH3 is 1. The van der Waals surface area contributed by atoms with Crippen molar-refractivity contribution in [3.8, 4) is 11.5 Å². The van der Waals surface area contributed by atoms with Gasteiger partial charge < -0.3 is 20.1 Å². The van der Waals surface area contributed by atoms with Crippen molar-refractivity contribution in [2.45, 2.75) is 13.5 Å². The predicted octanol–water partition coefficient (Wildman–Crippen LogP) is 0.496. The molecule has 3 N–H and O–H groups in total. The van der Waals surface area contributed by atoms with E-state index in [4.69, 9.17) is 14.9 Å². The number of aromatic hydroxyl groups is 1. The highest BCUT2D eigenvalue weighted by Crippen LogP contribution is 2.31. The molecule has 0 aliphatic heterocycles. The average molecular weight is 255 g/mol. The molecular formula is C13H21NO4. The van der Waals surface area contributed by atoms with Gasteiger partial charge in [0.05, 0.1) is 20.3 Å². The lowest BCUT2D eigenvalue weighted by Crippen LogP contribution is -2.29. The number of aliphatic hydroxyl groups excluding tert-OH is 2. The summed E-state index contributed by atoms with van der Waals surface area (Å²) in [6.07, 6.45) is 0. The molecule has 0 aliphatic rings. The largest absolute Gasteiger partial charge is 0.504 e. The second kappa shape index (κ2) is 7.20. The van der Waals surface area contributed by atoms with Crippen molar-refractivity contribution in [2.24, 2.45) is 0 Å². The van der Waals surface area contributed by atoms with Crippen molar-refractivity contribution < 1.29 is 20.1 Å². The zero-order valence-corrected chi connectivity index (χ0v) is 10.9. The molecule has 0 aliphatic carbocycles. The zero-order valence-electron chi connectivity index (χ0n) is 10.9. The lowest BCUT2D eigenvalue weighted by atomic mass is 10.1. The molecule has 102 valence electrons. The molecule has 18 heavy (non-hydrogen) atoms. The number of phenolic OH excluding ortho intramolecular Hbond substituents is 1. The summed E-state index contributed by atoms with van der Waals surface area (Å²) in [5.41, 5.74) is 1.72. The highest BCUT2D eigenvalue weighted by Gasteiger charge is 2.12. The fourth-order valence-corrected chi connectivity index (χ4v) is 1.89. The van der Waals surface area contributed by atoms with Gasteiger partial charge in [-0.3, -0.25) is 4.90 Å². The second-order valence-electron chi connectivity index (χ2n) is 4.20. The van der Waals surface area contributed by atoms with Gasteiger partial charge in [0.2, 0.25) is 0 Å². The van der Waals surface area contributed by atoms with Crippen LogP contribution in [0.25, 0.3) is 0 Å². The molecule has 0 amide bonds. The number of phenols is 1. The molecule has 0 aromatic heterocycles. The second-order valence-corrected chi connectivity index (χ2v) is 4.20. The molecule has 0 saturated carbocycles. The molecule has 1 aromatic carbocycles. The van der Waals surface area contributed by atoms with Crippen LogP contribution in [0.1, 0.15) is 11.1 Å². The molecule has 0 bridgehead atoms. The Morgan fingerprint density at radius 1 is 1.17 bits per heavy atom. The van der Waals surface area contributed by atoms with Crippen molar-refractivity contribution in [3.63, 3.8) is 0 Å². The van der Waals surface area contributed by atoms with E-state index < -0.39 is 0 Å². The first-order valence-electron chi connectivity index (χ1n) is 5.93. The van der Waals surface area contributed by atoms with Crippen LogP contribution in [0.4, 0.5) is 0 Å². The Morgan fingerprint density at radius 3 is 2.28 bits per heavy atom. The SMILES string of the molecule is COc1cc(C)cc(CN(CCO)CCO)c1O. The van der Waals surface area contributed by atoms with E-state index in [1.54, 1.807) is 6.07 Å². The molecule has 1 rings (SSSR count). The van der Waals surface area contributed by atoms with Gasteiger partial charge in [0.15, 0.2) is 11.5 Å². The van der Waals surface area contributed by atoms with E-state index in [2.05, 4.69) is 0 Å². The number of benzene rings is 1. The van der Waals surface area contributed by atoms with Gasteiger partial charge in [0.1, 0.15) is 0 Å². The van der Waals surface area contributed by atoms with Gasteiger partial charge in [-0.2, -0.15) is 0 Å². The molecular weight excluding hydrogens is 234 g/mol. The predicted molar refractivity (Wildman–Crippen MR) is 68.8 cm³/mol. The van der Waals surface area contributed by atoms with Crippen LogP contribution in [0, 0.1) is 6.92 Å². The summed E-state index contributed by atoms with van der Waals surface area (Å²) in [5.74, 6) is 0.557. The molecule has 5 nitrogen and oxygen atoms in total. The van der Waals surface area contributed by atoms with Crippen LogP contribution >= 0.6 is 0 Å². The Hall–Kier alpha value is -1.30. The van der Waals surface area contributed by atoms with Crippen molar-refractivity contribution in [1.29, 1.82) is 0 Å². The van der Waals surface area contributed by atoms with Gasteiger partial charge in [-0.15, -0.1) is 0 Å². The van der Waals surface area contributed by atoms with Crippen LogP contribution in [0.15, 0.2) is 12.1 Å². The first-order valence-corrected chi connectivity index (χ1v) is 5.93. The third-order valence-corrected chi connectivity index (χ3v) is 2.74. The van der Waals surface area contributed by atoms with Gasteiger partial charge in [-0.1, -0.05) is 6.07 Å². The molecule has 0 atom stereocenters. The standard InChI is InChI=1S/C13H21NO4/c1-10-7-11(13(17)12(8-10)18-2)9-14(3-5-15)4-6-16/h7-8,15-17H,3-6,9H2,1-2H3. The Bertz CT molecular complexity index is 375. The van der Waals surface area contributed by atoms with Crippen LogP contribution in [0.3, 0.4) is 0 Å². The van der Waals surface area contributed by atoms with Crippen molar-refractivity contribution >= 4 is 0 Å². The molecule has 0 saturated heterocycles. The fraction of sp³-hybridized carbons (Fsp3) is 0.538. The molecule has 0 spiro atoms. The van der Waals surface area contributed by atoms with E-state index in [-0.39, 0.29) is 19.0 Å². The number of aliphatic hydroxyl groups is 2. The van der Waals surface area contributed by atoms with Crippen molar-refractivity contribution in [1.82, 2.24) is 4.90 Å². The van der Waals surface area contributed by atoms with Gasteiger partial charge in [-0.05, 0) is 18.6 Å². The third kappa shape index (κ3) is 3.87. The zero-order chi connectivity index (χ0) is 13.5. The third-order valence-electron chi connectivity index (χ3n) is 2.74.